The minimum Gasteiger partial charge on any atom is -0.350 e. The Kier molecular flexibility index (Phi) is 4.41. The Labute approximate surface area is 138 Å². The van der Waals surface area contributed by atoms with Gasteiger partial charge in [0.25, 0.3) is 11.3 Å². The Morgan fingerprint density at radius 3 is 2.75 bits per heavy atom. The first kappa shape index (κ1) is 15.9. The number of amides is 1. The first-order valence-electron chi connectivity index (χ1n) is 7.76. The molecule has 2 heterocycles. The Morgan fingerprint density at radius 1 is 1.29 bits per heavy atom. The topological polar surface area (TPSA) is 90.0 Å². The third-order valence-corrected chi connectivity index (χ3v) is 3.83. The molecule has 0 aliphatic heterocycles. The average Bonchev–Trinajstić information content (AvgIpc) is 3.00. The van der Waals surface area contributed by atoms with Gasteiger partial charge in [-0.25, -0.2) is 0 Å². The fraction of sp³-hybridized carbons (Fsp3) is 0.294. The largest absolute Gasteiger partial charge is 0.350 e. The van der Waals surface area contributed by atoms with E-state index < -0.39 is 0 Å². The molecule has 2 aromatic heterocycles. The van der Waals surface area contributed by atoms with Crippen molar-refractivity contribution in [2.75, 3.05) is 0 Å². The van der Waals surface area contributed by atoms with Crippen molar-refractivity contribution in [2.45, 2.75) is 33.4 Å². The average molecular weight is 326 g/mol. The second kappa shape index (κ2) is 6.66. The quantitative estimate of drug-likeness (QED) is 0.768. The van der Waals surface area contributed by atoms with Gasteiger partial charge in [0.1, 0.15) is 17.8 Å². The number of nitrogens with one attached hydrogen (secondary N) is 1. The summed E-state index contributed by atoms with van der Waals surface area (Å²) in [6.07, 6.45) is 0.563. The summed E-state index contributed by atoms with van der Waals surface area (Å²) < 4.78 is 6.44. The third kappa shape index (κ3) is 3.05. The van der Waals surface area contributed by atoms with Crippen molar-refractivity contribution >= 4 is 17.0 Å². The van der Waals surface area contributed by atoms with Crippen LogP contribution in [0.5, 0.6) is 0 Å². The smallest absolute Gasteiger partial charge is 0.267 e. The molecule has 0 atom stereocenters. The molecular formula is C17H18N4O3. The second-order valence-electron chi connectivity index (χ2n) is 5.48. The van der Waals surface area contributed by atoms with E-state index in [9.17, 15) is 9.59 Å². The summed E-state index contributed by atoms with van der Waals surface area (Å²) in [5.74, 6) is 0.167. The number of aryl methyl sites for hydroxylation is 2. The molecule has 7 nitrogen and oxygen atoms in total. The molecule has 0 saturated heterocycles. The van der Waals surface area contributed by atoms with Gasteiger partial charge >= 0.3 is 0 Å². The highest BCUT2D eigenvalue weighted by atomic mass is 16.5. The summed E-state index contributed by atoms with van der Waals surface area (Å²) in [7, 11) is 0. The first-order chi connectivity index (χ1) is 11.6. The second-order valence-corrected chi connectivity index (χ2v) is 5.48. The lowest BCUT2D eigenvalue weighted by Gasteiger charge is -2.09. The first-order valence-corrected chi connectivity index (χ1v) is 7.76. The van der Waals surface area contributed by atoms with Crippen molar-refractivity contribution in [3.05, 3.63) is 57.8 Å². The molecule has 0 spiro atoms. The van der Waals surface area contributed by atoms with E-state index in [0.717, 1.165) is 5.56 Å². The number of benzene rings is 1. The van der Waals surface area contributed by atoms with Crippen LogP contribution in [-0.4, -0.2) is 20.6 Å². The van der Waals surface area contributed by atoms with Gasteiger partial charge in [0.2, 0.25) is 5.91 Å². The van der Waals surface area contributed by atoms with E-state index in [4.69, 9.17) is 4.52 Å². The molecule has 1 aromatic carbocycles. The zero-order valence-electron chi connectivity index (χ0n) is 13.6. The lowest BCUT2D eigenvalue weighted by Crippen LogP contribution is -2.33. The molecule has 124 valence electrons. The number of hydrogen-bond donors (Lipinski definition) is 1. The van der Waals surface area contributed by atoms with Crippen LogP contribution in [0.25, 0.3) is 11.1 Å². The van der Waals surface area contributed by atoms with E-state index >= 15 is 0 Å². The molecule has 7 heteroatoms. The maximum absolute atomic E-state index is 12.6. The number of aromatic nitrogens is 3. The van der Waals surface area contributed by atoms with Crippen LogP contribution in [0.3, 0.4) is 0 Å². The zero-order valence-corrected chi connectivity index (χ0v) is 13.6. The fourth-order valence-electron chi connectivity index (χ4n) is 2.52. The number of carbonyl (C=O) groups excluding carboxylic acids is 1. The Balaban J connectivity index is 1.81. The standard InChI is InChI=1S/C17H18N4O3/c1-3-13-15-16(24-20-13)19-11(2)21(17(15)23)10-14(22)18-9-12-7-5-4-6-8-12/h4-8H,3,9-10H2,1-2H3,(H,18,22). The van der Waals surface area contributed by atoms with Gasteiger partial charge in [-0.15, -0.1) is 0 Å². The maximum atomic E-state index is 12.6. The highest BCUT2D eigenvalue weighted by Crippen LogP contribution is 2.13. The van der Waals surface area contributed by atoms with Crippen LogP contribution in [0.1, 0.15) is 24.0 Å². The van der Waals surface area contributed by atoms with Crippen LogP contribution in [0.2, 0.25) is 0 Å². The van der Waals surface area contributed by atoms with Crippen molar-refractivity contribution in [1.82, 2.24) is 20.0 Å². The summed E-state index contributed by atoms with van der Waals surface area (Å²) in [5.41, 5.74) is 1.47. The number of carbonyl (C=O) groups is 1. The third-order valence-electron chi connectivity index (χ3n) is 3.83. The van der Waals surface area contributed by atoms with Crippen molar-refractivity contribution in [3.8, 4) is 0 Å². The van der Waals surface area contributed by atoms with E-state index in [1.807, 2.05) is 37.3 Å². The Bertz CT molecular complexity index is 928. The van der Waals surface area contributed by atoms with E-state index in [1.54, 1.807) is 6.92 Å². The molecule has 0 unspecified atom stereocenters. The number of rotatable bonds is 5. The zero-order chi connectivity index (χ0) is 17.1. The molecule has 0 aliphatic carbocycles. The summed E-state index contributed by atoms with van der Waals surface area (Å²) in [5, 5.41) is 7.01. The summed E-state index contributed by atoms with van der Waals surface area (Å²) in [4.78, 5) is 29.1. The molecule has 0 radical (unpaired) electrons. The molecule has 0 aliphatic rings. The molecular weight excluding hydrogens is 308 g/mol. The van der Waals surface area contributed by atoms with Crippen LogP contribution >= 0.6 is 0 Å². The van der Waals surface area contributed by atoms with E-state index in [0.29, 0.717) is 29.9 Å². The Morgan fingerprint density at radius 2 is 2.04 bits per heavy atom. The van der Waals surface area contributed by atoms with Gasteiger partial charge < -0.3 is 9.84 Å². The van der Waals surface area contributed by atoms with Crippen LogP contribution in [-0.2, 0) is 24.3 Å². The highest BCUT2D eigenvalue weighted by Gasteiger charge is 2.17. The van der Waals surface area contributed by atoms with Crippen LogP contribution in [0.4, 0.5) is 0 Å². The predicted molar refractivity (Wildman–Crippen MR) is 88.5 cm³/mol. The van der Waals surface area contributed by atoms with E-state index in [-0.39, 0.29) is 23.7 Å². The fourth-order valence-corrected chi connectivity index (χ4v) is 2.52. The normalized spacial score (nSPS) is 10.9. The molecule has 1 N–H and O–H groups in total. The van der Waals surface area contributed by atoms with Crippen LogP contribution < -0.4 is 10.9 Å². The Hall–Kier alpha value is -2.96. The lowest BCUT2D eigenvalue weighted by molar-refractivity contribution is -0.121. The summed E-state index contributed by atoms with van der Waals surface area (Å²) in [6, 6.07) is 9.59. The minimum atomic E-state index is -0.300. The van der Waals surface area contributed by atoms with Gasteiger partial charge in [0, 0.05) is 6.54 Å². The molecule has 3 aromatic rings. The number of nitrogens with zero attached hydrogens (tertiary/aromatic N) is 3. The van der Waals surface area contributed by atoms with Crippen molar-refractivity contribution in [3.63, 3.8) is 0 Å². The minimum absolute atomic E-state index is 0.0885. The number of hydrogen-bond acceptors (Lipinski definition) is 5. The van der Waals surface area contributed by atoms with Crippen LogP contribution in [0, 0.1) is 6.92 Å². The lowest BCUT2D eigenvalue weighted by atomic mass is 10.2. The van der Waals surface area contributed by atoms with Gasteiger partial charge in [0.05, 0.1) is 5.69 Å². The molecule has 24 heavy (non-hydrogen) atoms. The van der Waals surface area contributed by atoms with E-state index in [2.05, 4.69) is 15.5 Å². The molecule has 3 rings (SSSR count). The molecule has 1 amide bonds. The van der Waals surface area contributed by atoms with Crippen molar-refractivity contribution in [1.29, 1.82) is 0 Å². The maximum Gasteiger partial charge on any atom is 0.267 e. The molecule has 0 bridgehead atoms. The monoisotopic (exact) mass is 326 g/mol. The summed E-state index contributed by atoms with van der Waals surface area (Å²) >= 11 is 0. The highest BCUT2D eigenvalue weighted by molar-refractivity contribution is 5.78. The van der Waals surface area contributed by atoms with Gasteiger partial charge in [0.15, 0.2) is 0 Å². The van der Waals surface area contributed by atoms with Crippen molar-refractivity contribution < 1.29 is 9.32 Å². The van der Waals surface area contributed by atoms with Gasteiger partial charge in [-0.1, -0.05) is 42.4 Å². The predicted octanol–water partition coefficient (Wildman–Crippen LogP) is 1.57. The molecule has 0 fully saturated rings. The van der Waals surface area contributed by atoms with Gasteiger partial charge in [-0.05, 0) is 18.9 Å². The van der Waals surface area contributed by atoms with Crippen LogP contribution in [0.15, 0.2) is 39.6 Å². The number of fused-ring (bicyclic) bond motifs is 1. The van der Waals surface area contributed by atoms with Gasteiger partial charge in [-0.3, -0.25) is 14.2 Å². The van der Waals surface area contributed by atoms with Crippen molar-refractivity contribution in [2.24, 2.45) is 0 Å². The van der Waals surface area contributed by atoms with Gasteiger partial charge in [-0.2, -0.15) is 4.98 Å². The molecule has 0 saturated carbocycles. The summed E-state index contributed by atoms with van der Waals surface area (Å²) in [6.45, 7) is 3.87. The van der Waals surface area contributed by atoms with E-state index in [1.165, 1.54) is 4.57 Å². The SMILES string of the molecule is CCc1noc2nc(C)n(CC(=O)NCc3ccccc3)c(=O)c12.